The van der Waals surface area contributed by atoms with Gasteiger partial charge in [-0.2, -0.15) is 0 Å². The zero-order valence-electron chi connectivity index (χ0n) is 13.7. The number of carbonyl (C=O) groups is 2. The topological polar surface area (TPSA) is 97.8 Å². The molecule has 25 heavy (non-hydrogen) atoms. The smallest absolute Gasteiger partial charge is 0.354 e. The molecule has 7 heteroatoms. The van der Waals surface area contributed by atoms with Gasteiger partial charge in [0.2, 0.25) is 0 Å². The Morgan fingerprint density at radius 3 is 2.68 bits per heavy atom. The summed E-state index contributed by atoms with van der Waals surface area (Å²) in [6, 6.07) is 8.08. The second-order valence-corrected chi connectivity index (χ2v) is 5.57. The van der Waals surface area contributed by atoms with Gasteiger partial charge in [-0.1, -0.05) is 13.0 Å². The van der Waals surface area contributed by atoms with Crippen LogP contribution in [0.15, 0.2) is 36.5 Å². The van der Waals surface area contributed by atoms with E-state index in [0.717, 1.165) is 5.56 Å². The van der Waals surface area contributed by atoms with Crippen LogP contribution in [0.1, 0.15) is 45.8 Å². The van der Waals surface area contributed by atoms with Crippen LogP contribution in [0, 0.1) is 0 Å². The number of ether oxygens (including phenoxy) is 2. The summed E-state index contributed by atoms with van der Waals surface area (Å²) in [5.74, 6) is -0.176. The van der Waals surface area contributed by atoms with Crippen molar-refractivity contribution in [2.75, 3.05) is 13.2 Å². The van der Waals surface area contributed by atoms with Crippen LogP contribution >= 0.6 is 0 Å². The number of hydrogen-bond donors (Lipinski definition) is 2. The van der Waals surface area contributed by atoms with Crippen molar-refractivity contribution in [1.29, 1.82) is 0 Å². The molecule has 7 nitrogen and oxygen atoms in total. The lowest BCUT2D eigenvalue weighted by atomic mass is 10.0. The first-order chi connectivity index (χ1) is 12.1. The molecule has 0 saturated carbocycles. The van der Waals surface area contributed by atoms with Crippen LogP contribution in [-0.4, -0.2) is 35.2 Å². The molecular formula is C18H18N2O5. The number of aromatic carboxylic acids is 1. The van der Waals surface area contributed by atoms with Crippen molar-refractivity contribution in [1.82, 2.24) is 10.3 Å². The number of carboxylic acid groups (broad SMARTS) is 1. The Balaban J connectivity index is 1.79. The molecule has 0 saturated heterocycles. The van der Waals surface area contributed by atoms with E-state index in [2.05, 4.69) is 10.3 Å². The summed E-state index contributed by atoms with van der Waals surface area (Å²) in [5.41, 5.74) is 0.982. The van der Waals surface area contributed by atoms with Gasteiger partial charge in [0, 0.05) is 11.8 Å². The molecule has 1 amide bonds. The fourth-order valence-corrected chi connectivity index (χ4v) is 2.63. The Kier molecular flexibility index (Phi) is 4.83. The average molecular weight is 342 g/mol. The summed E-state index contributed by atoms with van der Waals surface area (Å²) in [4.78, 5) is 27.2. The molecule has 1 aromatic carbocycles. The molecule has 0 spiro atoms. The van der Waals surface area contributed by atoms with Gasteiger partial charge < -0.3 is 19.9 Å². The van der Waals surface area contributed by atoms with Gasteiger partial charge in [0.05, 0.1) is 6.04 Å². The minimum Gasteiger partial charge on any atom is -0.486 e. The number of carboxylic acids is 1. The lowest BCUT2D eigenvalue weighted by molar-refractivity contribution is 0.0690. The number of fused-ring (bicyclic) bond motifs is 1. The fraction of sp³-hybridized carbons (Fsp3) is 0.278. The molecule has 0 bridgehead atoms. The van der Waals surface area contributed by atoms with Crippen LogP contribution in [-0.2, 0) is 0 Å². The number of benzene rings is 1. The summed E-state index contributed by atoms with van der Waals surface area (Å²) in [6.07, 6.45) is 1.98. The largest absolute Gasteiger partial charge is 0.486 e. The van der Waals surface area contributed by atoms with E-state index in [4.69, 9.17) is 14.6 Å². The highest BCUT2D eigenvalue weighted by Crippen LogP contribution is 2.33. The minimum atomic E-state index is -1.17. The molecule has 1 aliphatic heterocycles. The second kappa shape index (κ2) is 7.21. The highest BCUT2D eigenvalue weighted by Gasteiger charge is 2.19. The van der Waals surface area contributed by atoms with Crippen LogP contribution in [0.25, 0.3) is 0 Å². The first kappa shape index (κ1) is 16.8. The maximum absolute atomic E-state index is 12.5. The van der Waals surface area contributed by atoms with Gasteiger partial charge in [-0.05, 0) is 36.2 Å². The molecule has 2 heterocycles. The Hall–Kier alpha value is -3.09. The van der Waals surface area contributed by atoms with E-state index in [9.17, 15) is 9.59 Å². The highest BCUT2D eigenvalue weighted by molar-refractivity contribution is 5.96. The summed E-state index contributed by atoms with van der Waals surface area (Å²) in [5, 5.41) is 11.9. The number of carbonyl (C=O) groups excluding carboxylic acids is 1. The Labute approximate surface area is 144 Å². The van der Waals surface area contributed by atoms with Crippen LogP contribution in [0.2, 0.25) is 0 Å². The van der Waals surface area contributed by atoms with E-state index in [0.29, 0.717) is 31.1 Å². The molecule has 1 aliphatic rings. The molecule has 2 N–H and O–H groups in total. The molecular weight excluding hydrogens is 324 g/mol. The highest BCUT2D eigenvalue weighted by atomic mass is 16.6. The number of amides is 1. The first-order valence-corrected chi connectivity index (χ1v) is 7.98. The van der Waals surface area contributed by atoms with Crippen molar-refractivity contribution < 1.29 is 24.2 Å². The third-order valence-electron chi connectivity index (χ3n) is 3.92. The maximum Gasteiger partial charge on any atom is 0.354 e. The Morgan fingerprint density at radius 1 is 1.20 bits per heavy atom. The SMILES string of the molecule is CC[C@@H](NC(=O)c1ccnc(C(=O)O)c1)c1ccc2c(c1)OCCO2. The van der Waals surface area contributed by atoms with Crippen LogP contribution in [0.3, 0.4) is 0 Å². The number of aromatic nitrogens is 1. The van der Waals surface area contributed by atoms with Crippen molar-refractivity contribution in [3.63, 3.8) is 0 Å². The average Bonchev–Trinajstić information content (AvgIpc) is 2.65. The summed E-state index contributed by atoms with van der Waals surface area (Å²) < 4.78 is 11.1. The Bertz CT molecular complexity index is 806. The van der Waals surface area contributed by atoms with Crippen molar-refractivity contribution in [3.05, 3.63) is 53.3 Å². The monoisotopic (exact) mass is 342 g/mol. The zero-order valence-corrected chi connectivity index (χ0v) is 13.7. The molecule has 1 atom stereocenters. The van der Waals surface area contributed by atoms with Gasteiger partial charge in [0.1, 0.15) is 18.9 Å². The normalized spacial score (nSPS) is 13.8. The van der Waals surface area contributed by atoms with Gasteiger partial charge in [0.25, 0.3) is 5.91 Å². The number of nitrogens with one attached hydrogen (secondary N) is 1. The third-order valence-corrected chi connectivity index (χ3v) is 3.92. The molecule has 2 aromatic rings. The van der Waals surface area contributed by atoms with Gasteiger partial charge in [-0.15, -0.1) is 0 Å². The van der Waals surface area contributed by atoms with Crippen LogP contribution < -0.4 is 14.8 Å². The lowest BCUT2D eigenvalue weighted by Gasteiger charge is -2.22. The van der Waals surface area contributed by atoms with E-state index in [1.165, 1.54) is 18.3 Å². The Morgan fingerprint density at radius 2 is 1.96 bits per heavy atom. The third kappa shape index (κ3) is 3.71. The maximum atomic E-state index is 12.5. The lowest BCUT2D eigenvalue weighted by Crippen LogP contribution is -2.28. The predicted molar refractivity (Wildman–Crippen MR) is 89.1 cm³/mol. The van der Waals surface area contributed by atoms with E-state index in [1.54, 1.807) is 0 Å². The summed E-state index contributed by atoms with van der Waals surface area (Å²) in [6.45, 7) is 2.97. The van der Waals surface area contributed by atoms with Crippen LogP contribution in [0.4, 0.5) is 0 Å². The van der Waals surface area contributed by atoms with Gasteiger partial charge >= 0.3 is 5.97 Å². The molecule has 0 aliphatic carbocycles. The van der Waals surface area contributed by atoms with E-state index < -0.39 is 5.97 Å². The number of nitrogens with zero attached hydrogens (tertiary/aromatic N) is 1. The number of rotatable bonds is 5. The molecule has 0 radical (unpaired) electrons. The predicted octanol–water partition coefficient (Wildman–Crippen LogP) is 2.43. The molecule has 3 rings (SSSR count). The van der Waals surface area contributed by atoms with Gasteiger partial charge in [-0.3, -0.25) is 4.79 Å². The first-order valence-electron chi connectivity index (χ1n) is 7.98. The van der Waals surface area contributed by atoms with Crippen LogP contribution in [0.5, 0.6) is 11.5 Å². The zero-order chi connectivity index (χ0) is 17.8. The summed E-state index contributed by atoms with van der Waals surface area (Å²) >= 11 is 0. The van der Waals surface area contributed by atoms with Gasteiger partial charge in [-0.25, -0.2) is 9.78 Å². The van der Waals surface area contributed by atoms with Crippen molar-refractivity contribution in [3.8, 4) is 11.5 Å². The van der Waals surface area contributed by atoms with E-state index in [-0.39, 0.29) is 23.2 Å². The quantitative estimate of drug-likeness (QED) is 0.866. The van der Waals surface area contributed by atoms with Crippen molar-refractivity contribution in [2.45, 2.75) is 19.4 Å². The molecule has 130 valence electrons. The number of pyridine rings is 1. The fourth-order valence-electron chi connectivity index (χ4n) is 2.63. The van der Waals surface area contributed by atoms with E-state index >= 15 is 0 Å². The standard InChI is InChI=1S/C18H18N2O5/c1-2-13(11-3-4-15-16(10-11)25-8-7-24-15)20-17(21)12-5-6-19-14(9-12)18(22)23/h3-6,9-10,13H,2,7-8H2,1H3,(H,20,21)(H,22,23)/t13-/m1/s1. The molecule has 1 aromatic heterocycles. The van der Waals surface area contributed by atoms with Crippen molar-refractivity contribution >= 4 is 11.9 Å². The second-order valence-electron chi connectivity index (χ2n) is 5.57. The molecule has 0 fully saturated rings. The van der Waals surface area contributed by atoms with Gasteiger partial charge in [0.15, 0.2) is 11.5 Å². The molecule has 0 unspecified atom stereocenters. The number of hydrogen-bond acceptors (Lipinski definition) is 5. The van der Waals surface area contributed by atoms with Crippen molar-refractivity contribution in [2.24, 2.45) is 0 Å². The minimum absolute atomic E-state index is 0.167. The van der Waals surface area contributed by atoms with E-state index in [1.807, 2.05) is 25.1 Å². The summed E-state index contributed by atoms with van der Waals surface area (Å²) in [7, 11) is 0.